The molecule has 0 aliphatic carbocycles. The van der Waals surface area contributed by atoms with Gasteiger partial charge in [-0.05, 0) is 36.9 Å². The predicted octanol–water partition coefficient (Wildman–Crippen LogP) is 2.58. The minimum Gasteiger partial charge on any atom is -0.469 e. The van der Waals surface area contributed by atoms with E-state index in [-0.39, 0.29) is 29.2 Å². The summed E-state index contributed by atoms with van der Waals surface area (Å²) in [7, 11) is -0.971. The summed E-state index contributed by atoms with van der Waals surface area (Å²) in [5.41, 5.74) is 0.917. The first kappa shape index (κ1) is 24.4. The number of sulfonamides is 1. The van der Waals surface area contributed by atoms with E-state index < -0.39 is 10.0 Å². The van der Waals surface area contributed by atoms with Gasteiger partial charge in [0.05, 0.1) is 30.2 Å². The van der Waals surface area contributed by atoms with Crippen molar-refractivity contribution in [2.75, 3.05) is 43.4 Å². The van der Waals surface area contributed by atoms with Crippen LogP contribution < -0.4 is 9.62 Å². The molecule has 0 aliphatic rings. The van der Waals surface area contributed by atoms with Crippen LogP contribution in [0, 0.1) is 5.92 Å². The van der Waals surface area contributed by atoms with Crippen LogP contribution in [0.2, 0.25) is 0 Å². The summed E-state index contributed by atoms with van der Waals surface area (Å²) in [5.74, 6) is -0.996. The topological polar surface area (TPSA) is 96.0 Å². The van der Waals surface area contributed by atoms with E-state index in [4.69, 9.17) is 4.74 Å². The highest BCUT2D eigenvalue weighted by atomic mass is 32.2. The summed E-state index contributed by atoms with van der Waals surface area (Å²) >= 11 is 0. The van der Waals surface area contributed by atoms with Crippen molar-refractivity contribution in [1.82, 2.24) is 4.90 Å². The fraction of sp³-hybridized carbons (Fsp3) is 0.364. The van der Waals surface area contributed by atoms with E-state index >= 15 is 0 Å². The molecule has 0 spiro atoms. The third kappa shape index (κ3) is 6.53. The number of rotatable bonds is 10. The van der Waals surface area contributed by atoms with Gasteiger partial charge in [0.15, 0.2) is 0 Å². The first-order valence-corrected chi connectivity index (χ1v) is 11.4. The van der Waals surface area contributed by atoms with Gasteiger partial charge in [-0.2, -0.15) is 0 Å². The SMILES string of the molecule is CCN(CC(=O)Nc1cccc(S(=O)(=O)N(C)c2ccccc2)c1)CC(C)C(=O)OC. The van der Waals surface area contributed by atoms with Crippen LogP contribution in [0.3, 0.4) is 0 Å². The maximum atomic E-state index is 13.0. The minimum atomic E-state index is -3.79. The highest BCUT2D eigenvalue weighted by molar-refractivity contribution is 7.92. The molecular weight excluding hydrogens is 418 g/mol. The Morgan fingerprint density at radius 1 is 1.10 bits per heavy atom. The Balaban J connectivity index is 2.09. The number of carbonyl (C=O) groups excluding carboxylic acids is 2. The van der Waals surface area contributed by atoms with E-state index in [2.05, 4.69) is 5.32 Å². The molecular formula is C22H29N3O5S. The van der Waals surface area contributed by atoms with Crippen LogP contribution in [-0.2, 0) is 24.3 Å². The van der Waals surface area contributed by atoms with Crippen LogP contribution >= 0.6 is 0 Å². The summed E-state index contributed by atoms with van der Waals surface area (Å²) < 4.78 is 31.9. The number of para-hydroxylation sites is 1. The van der Waals surface area contributed by atoms with Crippen molar-refractivity contribution < 1.29 is 22.7 Å². The maximum Gasteiger partial charge on any atom is 0.309 e. The summed E-state index contributed by atoms with van der Waals surface area (Å²) in [6.45, 7) is 4.66. The van der Waals surface area contributed by atoms with Gasteiger partial charge >= 0.3 is 5.97 Å². The van der Waals surface area contributed by atoms with Crippen LogP contribution in [-0.4, -0.2) is 59.0 Å². The highest BCUT2D eigenvalue weighted by Crippen LogP contribution is 2.23. The van der Waals surface area contributed by atoms with Crippen LogP contribution in [0.1, 0.15) is 13.8 Å². The molecule has 2 aromatic rings. The second-order valence-corrected chi connectivity index (χ2v) is 9.11. The summed E-state index contributed by atoms with van der Waals surface area (Å²) in [4.78, 5) is 26.0. The van der Waals surface area contributed by atoms with Gasteiger partial charge in [0.1, 0.15) is 0 Å². The molecule has 1 unspecified atom stereocenters. The third-order valence-corrected chi connectivity index (χ3v) is 6.63. The molecule has 0 radical (unpaired) electrons. The average molecular weight is 448 g/mol. The van der Waals surface area contributed by atoms with Gasteiger partial charge in [0.2, 0.25) is 5.91 Å². The fourth-order valence-electron chi connectivity index (χ4n) is 3.04. The van der Waals surface area contributed by atoms with Gasteiger partial charge in [-0.25, -0.2) is 8.42 Å². The predicted molar refractivity (Wildman–Crippen MR) is 120 cm³/mol. The van der Waals surface area contributed by atoms with E-state index in [1.165, 1.54) is 30.6 Å². The quantitative estimate of drug-likeness (QED) is 0.563. The number of ether oxygens (including phenoxy) is 1. The standard InChI is InChI=1S/C22H29N3O5S/c1-5-25(15-17(2)22(27)30-4)16-21(26)23-18-10-9-13-20(14-18)31(28,29)24(3)19-11-7-6-8-12-19/h6-14,17H,5,15-16H2,1-4H3,(H,23,26). The lowest BCUT2D eigenvalue weighted by molar-refractivity contribution is -0.145. The van der Waals surface area contributed by atoms with Crippen LogP contribution in [0.25, 0.3) is 0 Å². The average Bonchev–Trinajstić information content (AvgIpc) is 2.78. The van der Waals surface area contributed by atoms with Crippen molar-refractivity contribution in [3.05, 3.63) is 54.6 Å². The zero-order valence-electron chi connectivity index (χ0n) is 18.2. The summed E-state index contributed by atoms with van der Waals surface area (Å²) in [6.07, 6.45) is 0. The van der Waals surface area contributed by atoms with Crippen molar-refractivity contribution in [2.24, 2.45) is 5.92 Å². The number of benzene rings is 2. The molecule has 2 rings (SSSR count). The lowest BCUT2D eigenvalue weighted by Crippen LogP contribution is -2.38. The zero-order chi connectivity index (χ0) is 23.0. The number of methoxy groups -OCH3 is 1. The lowest BCUT2D eigenvalue weighted by Gasteiger charge is -2.22. The van der Waals surface area contributed by atoms with E-state index in [0.717, 1.165) is 0 Å². The number of amides is 1. The first-order chi connectivity index (χ1) is 14.7. The molecule has 0 saturated heterocycles. The molecule has 168 valence electrons. The zero-order valence-corrected chi connectivity index (χ0v) is 19.1. The molecule has 0 heterocycles. The smallest absolute Gasteiger partial charge is 0.309 e. The molecule has 0 aliphatic heterocycles. The molecule has 2 aromatic carbocycles. The van der Waals surface area contributed by atoms with Crippen molar-refractivity contribution in [1.29, 1.82) is 0 Å². The molecule has 0 aromatic heterocycles. The van der Waals surface area contributed by atoms with Gasteiger partial charge in [-0.15, -0.1) is 0 Å². The number of esters is 1. The van der Waals surface area contributed by atoms with E-state index in [1.807, 2.05) is 17.9 Å². The Kier molecular flexibility index (Phi) is 8.58. The number of hydrogen-bond acceptors (Lipinski definition) is 6. The van der Waals surface area contributed by atoms with Gasteiger partial charge in [0, 0.05) is 19.3 Å². The van der Waals surface area contributed by atoms with Crippen LogP contribution in [0.4, 0.5) is 11.4 Å². The van der Waals surface area contributed by atoms with Crippen LogP contribution in [0.15, 0.2) is 59.5 Å². The van der Waals surface area contributed by atoms with Crippen molar-refractivity contribution in [3.8, 4) is 0 Å². The molecule has 9 heteroatoms. The van der Waals surface area contributed by atoms with E-state index in [9.17, 15) is 18.0 Å². The molecule has 31 heavy (non-hydrogen) atoms. The third-order valence-electron chi connectivity index (χ3n) is 4.85. The van der Waals surface area contributed by atoms with Crippen molar-refractivity contribution >= 4 is 33.3 Å². The van der Waals surface area contributed by atoms with Crippen LogP contribution in [0.5, 0.6) is 0 Å². The fourth-order valence-corrected chi connectivity index (χ4v) is 4.28. The number of anilines is 2. The van der Waals surface area contributed by atoms with Gasteiger partial charge in [0.25, 0.3) is 10.0 Å². The minimum absolute atomic E-state index is 0.0682. The van der Waals surface area contributed by atoms with E-state index in [1.54, 1.807) is 43.3 Å². The second-order valence-electron chi connectivity index (χ2n) is 7.14. The maximum absolute atomic E-state index is 13.0. The van der Waals surface area contributed by atoms with Crippen molar-refractivity contribution in [2.45, 2.75) is 18.7 Å². The molecule has 0 saturated carbocycles. The number of nitrogens with one attached hydrogen (secondary N) is 1. The molecule has 1 N–H and O–H groups in total. The second kappa shape index (κ2) is 10.9. The van der Waals surface area contributed by atoms with Crippen molar-refractivity contribution in [3.63, 3.8) is 0 Å². The first-order valence-electron chi connectivity index (χ1n) is 9.93. The number of likely N-dealkylation sites (N-methyl/N-ethyl adjacent to an activating group) is 1. The Morgan fingerprint density at radius 3 is 2.39 bits per heavy atom. The molecule has 0 fully saturated rings. The Hall–Kier alpha value is -2.91. The van der Waals surface area contributed by atoms with E-state index in [0.29, 0.717) is 24.5 Å². The summed E-state index contributed by atoms with van der Waals surface area (Å²) in [6, 6.07) is 14.9. The lowest BCUT2D eigenvalue weighted by atomic mass is 10.1. The Labute approximate surface area is 183 Å². The Morgan fingerprint density at radius 2 is 1.77 bits per heavy atom. The normalized spacial score (nSPS) is 12.3. The number of hydrogen-bond donors (Lipinski definition) is 1. The molecule has 1 amide bonds. The van der Waals surface area contributed by atoms with Gasteiger partial charge in [-0.3, -0.25) is 18.8 Å². The molecule has 8 nitrogen and oxygen atoms in total. The largest absolute Gasteiger partial charge is 0.469 e. The number of carbonyl (C=O) groups is 2. The van der Waals surface area contributed by atoms with Gasteiger partial charge < -0.3 is 10.1 Å². The Bertz CT molecular complexity index is 995. The molecule has 0 bridgehead atoms. The molecule has 1 atom stereocenters. The highest BCUT2D eigenvalue weighted by Gasteiger charge is 2.22. The van der Waals surface area contributed by atoms with Gasteiger partial charge in [-0.1, -0.05) is 38.1 Å². The summed E-state index contributed by atoms with van der Waals surface area (Å²) in [5, 5.41) is 2.73. The number of nitrogens with zero attached hydrogens (tertiary/aromatic N) is 2. The monoisotopic (exact) mass is 447 g/mol.